The zero-order valence-corrected chi connectivity index (χ0v) is 20.5. The standard InChI is InChI=1S/C22H30FN5O.HI/c1-24-22(26-15-17-9-10-20(27(2)3)19(23)14-17)25-12-11-16-7-6-8-18(13-16)21(29)28(4)5;/h6-10,13-14H,11-12,15H2,1-5H3,(H2,24,25,26);1H. The molecule has 0 heterocycles. The van der Waals surface area contributed by atoms with E-state index in [1.165, 1.54) is 6.07 Å². The molecular formula is C22H31FIN5O. The molecule has 164 valence electrons. The Hall–Kier alpha value is -2.36. The Kier molecular flexibility index (Phi) is 10.6. The van der Waals surface area contributed by atoms with Gasteiger partial charge in [-0.1, -0.05) is 18.2 Å². The Morgan fingerprint density at radius 1 is 1.03 bits per heavy atom. The predicted octanol–water partition coefficient (Wildman–Crippen LogP) is 3.12. The number of benzene rings is 2. The summed E-state index contributed by atoms with van der Waals surface area (Å²) in [5, 5.41) is 6.44. The van der Waals surface area contributed by atoms with Gasteiger partial charge in [0.2, 0.25) is 0 Å². The fraction of sp³-hybridized carbons (Fsp3) is 0.364. The molecule has 0 saturated carbocycles. The third-order valence-corrected chi connectivity index (χ3v) is 4.46. The second kappa shape index (κ2) is 12.4. The summed E-state index contributed by atoms with van der Waals surface area (Å²) in [5.41, 5.74) is 3.15. The number of aliphatic imine (C=N–C) groups is 1. The third kappa shape index (κ3) is 7.47. The Balaban J connectivity index is 0.00000450. The normalized spacial score (nSPS) is 10.8. The van der Waals surface area contributed by atoms with E-state index in [9.17, 15) is 9.18 Å². The number of nitrogens with one attached hydrogen (secondary N) is 2. The van der Waals surface area contributed by atoms with Gasteiger partial charge in [0.15, 0.2) is 5.96 Å². The van der Waals surface area contributed by atoms with E-state index in [0.29, 0.717) is 30.3 Å². The van der Waals surface area contributed by atoms with Crippen LogP contribution in [0.3, 0.4) is 0 Å². The van der Waals surface area contributed by atoms with E-state index < -0.39 is 0 Å². The number of halogens is 2. The van der Waals surface area contributed by atoms with Crippen molar-refractivity contribution in [2.45, 2.75) is 13.0 Å². The van der Waals surface area contributed by atoms with Crippen LogP contribution >= 0.6 is 24.0 Å². The van der Waals surface area contributed by atoms with Gasteiger partial charge < -0.3 is 20.4 Å². The number of nitrogens with zero attached hydrogens (tertiary/aromatic N) is 3. The molecule has 2 aromatic rings. The molecule has 8 heteroatoms. The number of anilines is 1. The van der Waals surface area contributed by atoms with Crippen LogP contribution in [0.2, 0.25) is 0 Å². The van der Waals surface area contributed by atoms with E-state index in [0.717, 1.165) is 17.5 Å². The van der Waals surface area contributed by atoms with Gasteiger partial charge in [-0.15, -0.1) is 24.0 Å². The molecule has 0 radical (unpaired) electrons. The summed E-state index contributed by atoms with van der Waals surface area (Å²) in [6, 6.07) is 12.8. The molecule has 2 aromatic carbocycles. The van der Waals surface area contributed by atoms with Crippen molar-refractivity contribution in [2.24, 2.45) is 4.99 Å². The molecule has 0 saturated heterocycles. The first-order chi connectivity index (χ1) is 13.8. The first-order valence-electron chi connectivity index (χ1n) is 9.52. The summed E-state index contributed by atoms with van der Waals surface area (Å²) in [5.74, 6) is 0.386. The zero-order chi connectivity index (χ0) is 21.4. The predicted molar refractivity (Wildman–Crippen MR) is 133 cm³/mol. The van der Waals surface area contributed by atoms with Crippen molar-refractivity contribution in [3.63, 3.8) is 0 Å². The minimum absolute atomic E-state index is 0. The molecule has 6 nitrogen and oxygen atoms in total. The lowest BCUT2D eigenvalue weighted by Gasteiger charge is -2.15. The first-order valence-corrected chi connectivity index (χ1v) is 9.52. The van der Waals surface area contributed by atoms with Crippen LogP contribution in [-0.4, -0.2) is 58.5 Å². The quantitative estimate of drug-likeness (QED) is 0.330. The number of hydrogen-bond donors (Lipinski definition) is 2. The molecule has 0 unspecified atom stereocenters. The summed E-state index contributed by atoms with van der Waals surface area (Å²) >= 11 is 0. The SMILES string of the molecule is CN=C(NCCc1cccc(C(=O)N(C)C)c1)NCc1ccc(N(C)C)c(F)c1.I. The van der Waals surface area contributed by atoms with Crippen molar-refractivity contribution in [3.8, 4) is 0 Å². The lowest BCUT2D eigenvalue weighted by molar-refractivity contribution is 0.0827. The second-order valence-electron chi connectivity index (χ2n) is 7.18. The molecule has 0 aromatic heterocycles. The molecule has 30 heavy (non-hydrogen) atoms. The van der Waals surface area contributed by atoms with Gasteiger partial charge in [-0.05, 0) is 41.8 Å². The molecule has 1 amide bonds. The fourth-order valence-electron chi connectivity index (χ4n) is 2.87. The zero-order valence-electron chi connectivity index (χ0n) is 18.2. The highest BCUT2D eigenvalue weighted by Crippen LogP contribution is 2.18. The van der Waals surface area contributed by atoms with Crippen molar-refractivity contribution >= 4 is 41.5 Å². The van der Waals surface area contributed by atoms with Crippen molar-refractivity contribution in [2.75, 3.05) is 46.7 Å². The Morgan fingerprint density at radius 2 is 1.77 bits per heavy atom. The van der Waals surface area contributed by atoms with Crippen molar-refractivity contribution in [3.05, 3.63) is 65.0 Å². The van der Waals surface area contributed by atoms with E-state index >= 15 is 0 Å². The molecular weight excluding hydrogens is 496 g/mol. The van der Waals surface area contributed by atoms with Crippen molar-refractivity contribution in [1.29, 1.82) is 0 Å². The van der Waals surface area contributed by atoms with Crippen LogP contribution in [-0.2, 0) is 13.0 Å². The van der Waals surface area contributed by atoms with Crippen molar-refractivity contribution < 1.29 is 9.18 Å². The first kappa shape index (κ1) is 25.7. The van der Waals surface area contributed by atoms with Crippen LogP contribution in [0.4, 0.5) is 10.1 Å². The van der Waals surface area contributed by atoms with Gasteiger partial charge in [0.05, 0.1) is 5.69 Å². The van der Waals surface area contributed by atoms with Gasteiger partial charge in [-0.25, -0.2) is 4.39 Å². The Morgan fingerprint density at radius 3 is 2.37 bits per heavy atom. The van der Waals surface area contributed by atoms with Gasteiger partial charge >= 0.3 is 0 Å². The summed E-state index contributed by atoms with van der Waals surface area (Å²) in [6.07, 6.45) is 0.751. The number of carbonyl (C=O) groups excluding carboxylic acids is 1. The van der Waals surface area contributed by atoms with Gasteiger partial charge in [-0.2, -0.15) is 0 Å². The van der Waals surface area contributed by atoms with Crippen LogP contribution in [0.25, 0.3) is 0 Å². The topological polar surface area (TPSA) is 60.0 Å². The third-order valence-electron chi connectivity index (χ3n) is 4.46. The van der Waals surface area contributed by atoms with Crippen LogP contribution in [0, 0.1) is 5.82 Å². The van der Waals surface area contributed by atoms with Crippen LogP contribution < -0.4 is 15.5 Å². The average Bonchev–Trinajstić information content (AvgIpc) is 2.69. The minimum Gasteiger partial charge on any atom is -0.375 e. The van der Waals surface area contributed by atoms with E-state index in [1.54, 1.807) is 37.0 Å². The summed E-state index contributed by atoms with van der Waals surface area (Å²) < 4.78 is 14.1. The van der Waals surface area contributed by atoms with Crippen LogP contribution in [0.15, 0.2) is 47.5 Å². The summed E-state index contributed by atoms with van der Waals surface area (Å²) in [6.45, 7) is 1.13. The fourth-order valence-corrected chi connectivity index (χ4v) is 2.87. The lowest BCUT2D eigenvalue weighted by atomic mass is 10.1. The molecule has 0 bridgehead atoms. The second-order valence-corrected chi connectivity index (χ2v) is 7.18. The maximum absolute atomic E-state index is 14.1. The monoisotopic (exact) mass is 527 g/mol. The molecule has 2 rings (SSSR count). The average molecular weight is 527 g/mol. The largest absolute Gasteiger partial charge is 0.375 e. The number of rotatable bonds is 7. The maximum atomic E-state index is 14.1. The van der Waals surface area contributed by atoms with Gasteiger partial charge in [0.25, 0.3) is 5.91 Å². The van der Waals surface area contributed by atoms with E-state index in [4.69, 9.17) is 0 Å². The van der Waals surface area contributed by atoms with Crippen LogP contribution in [0.5, 0.6) is 0 Å². The smallest absolute Gasteiger partial charge is 0.253 e. The maximum Gasteiger partial charge on any atom is 0.253 e. The Bertz CT molecular complexity index is 870. The molecule has 0 atom stereocenters. The molecule has 2 N–H and O–H groups in total. The van der Waals surface area contributed by atoms with Gasteiger partial charge in [0.1, 0.15) is 5.82 Å². The van der Waals surface area contributed by atoms with E-state index in [2.05, 4.69) is 15.6 Å². The molecule has 0 fully saturated rings. The van der Waals surface area contributed by atoms with E-state index in [-0.39, 0.29) is 35.7 Å². The minimum atomic E-state index is -0.246. The summed E-state index contributed by atoms with van der Waals surface area (Å²) in [7, 11) is 8.81. The molecule has 0 aliphatic carbocycles. The number of hydrogen-bond acceptors (Lipinski definition) is 3. The molecule has 0 aliphatic heterocycles. The van der Waals surface area contributed by atoms with E-state index in [1.807, 2.05) is 44.4 Å². The number of amides is 1. The number of carbonyl (C=O) groups is 1. The highest BCUT2D eigenvalue weighted by Gasteiger charge is 2.09. The van der Waals surface area contributed by atoms with Crippen LogP contribution in [0.1, 0.15) is 21.5 Å². The molecule has 0 aliphatic rings. The lowest BCUT2D eigenvalue weighted by Crippen LogP contribution is -2.37. The highest BCUT2D eigenvalue weighted by molar-refractivity contribution is 14.0. The summed E-state index contributed by atoms with van der Waals surface area (Å²) in [4.78, 5) is 19.6. The van der Waals surface area contributed by atoms with Gasteiger partial charge in [-0.3, -0.25) is 9.79 Å². The highest BCUT2D eigenvalue weighted by atomic mass is 127. The van der Waals surface area contributed by atoms with Crippen molar-refractivity contribution in [1.82, 2.24) is 15.5 Å². The molecule has 0 spiro atoms. The van der Waals surface area contributed by atoms with Gasteiger partial charge in [0, 0.05) is 53.9 Å². The Labute approximate surface area is 195 Å². The number of guanidine groups is 1.